The fourth-order valence-corrected chi connectivity index (χ4v) is 1.84. The van der Waals surface area contributed by atoms with E-state index in [0.717, 1.165) is 0 Å². The van der Waals surface area contributed by atoms with Gasteiger partial charge in [0.15, 0.2) is 0 Å². The second kappa shape index (κ2) is 4.64. The van der Waals surface area contributed by atoms with Crippen molar-refractivity contribution in [1.29, 1.82) is 0 Å². The number of carbonyl (C=O) groups excluding carboxylic acids is 1. The molecule has 0 heterocycles. The van der Waals surface area contributed by atoms with Crippen molar-refractivity contribution in [2.24, 2.45) is 0 Å². The van der Waals surface area contributed by atoms with E-state index >= 15 is 0 Å². The summed E-state index contributed by atoms with van der Waals surface area (Å²) in [6.07, 6.45) is 0. The van der Waals surface area contributed by atoms with Gasteiger partial charge in [-0.2, -0.15) is 0 Å². The summed E-state index contributed by atoms with van der Waals surface area (Å²) >= 11 is 0. The van der Waals surface area contributed by atoms with Gasteiger partial charge in [-0.3, -0.25) is 4.79 Å². The van der Waals surface area contributed by atoms with Gasteiger partial charge < -0.3 is 9.84 Å². The molecule has 1 N–H and O–H groups in total. The highest BCUT2D eigenvalue weighted by Crippen LogP contribution is 2.32. The molecule has 2 aromatic rings. The number of fused-ring (bicyclic) bond motifs is 1. The van der Waals surface area contributed by atoms with Crippen LogP contribution in [0.4, 0.5) is 4.39 Å². The number of hydrogen-bond donors (Lipinski definition) is 1. The molecule has 0 atom stereocenters. The number of carbonyl (C=O) groups is 1. The molecule has 0 bridgehead atoms. The average molecular weight is 248 g/mol. The van der Waals surface area contributed by atoms with Crippen molar-refractivity contribution in [3.05, 3.63) is 41.2 Å². The lowest BCUT2D eigenvalue weighted by molar-refractivity contribution is -0.142. The molecule has 0 saturated heterocycles. The highest BCUT2D eigenvalue weighted by atomic mass is 19.1. The van der Waals surface area contributed by atoms with Gasteiger partial charge in [-0.1, -0.05) is 6.07 Å². The number of rotatable bonds is 2. The molecule has 3 nitrogen and oxygen atoms in total. The molecule has 2 aromatic carbocycles. The third-order valence-corrected chi connectivity index (χ3v) is 2.87. The first kappa shape index (κ1) is 12.4. The van der Waals surface area contributed by atoms with Gasteiger partial charge in [-0.15, -0.1) is 0 Å². The number of phenolic OH excluding ortho intramolecular Hbond substituents is 1. The Morgan fingerprint density at radius 2 is 2.11 bits per heavy atom. The number of phenols is 1. The van der Waals surface area contributed by atoms with Crippen LogP contribution < -0.4 is 0 Å². The molecular weight excluding hydrogens is 235 g/mol. The minimum atomic E-state index is -0.398. The molecule has 2 rings (SSSR count). The van der Waals surface area contributed by atoms with Crippen molar-refractivity contribution >= 4 is 16.7 Å². The molecular formula is C14H13FO3. The van der Waals surface area contributed by atoms with Crippen molar-refractivity contribution in [3.63, 3.8) is 0 Å². The molecule has 0 aliphatic heterocycles. The summed E-state index contributed by atoms with van der Waals surface area (Å²) < 4.78 is 18.0. The number of benzene rings is 2. The lowest BCUT2D eigenvalue weighted by Crippen LogP contribution is -2.01. The standard InChI is InChI=1S/C14H13FO3/c1-8-11(7-18-9(2)16)5-10-3-4-12(15)6-13(10)14(8)17/h3-6,17H,7H2,1-2H3. The Hall–Kier alpha value is -2.10. The topological polar surface area (TPSA) is 46.5 Å². The van der Waals surface area contributed by atoms with Gasteiger partial charge >= 0.3 is 5.97 Å². The Balaban J connectivity index is 2.53. The highest BCUT2D eigenvalue weighted by Gasteiger charge is 2.10. The molecule has 0 aromatic heterocycles. The van der Waals surface area contributed by atoms with E-state index in [1.54, 1.807) is 19.1 Å². The van der Waals surface area contributed by atoms with E-state index in [2.05, 4.69) is 0 Å². The van der Waals surface area contributed by atoms with Crippen LogP contribution in [0.15, 0.2) is 24.3 Å². The van der Waals surface area contributed by atoms with E-state index in [1.165, 1.54) is 19.1 Å². The van der Waals surface area contributed by atoms with Crippen LogP contribution in [0.1, 0.15) is 18.1 Å². The normalized spacial score (nSPS) is 10.6. The Morgan fingerprint density at radius 1 is 1.39 bits per heavy atom. The molecule has 0 spiro atoms. The largest absolute Gasteiger partial charge is 0.507 e. The zero-order valence-corrected chi connectivity index (χ0v) is 10.2. The summed E-state index contributed by atoms with van der Waals surface area (Å²) in [5.74, 6) is -0.757. The number of aromatic hydroxyl groups is 1. The summed E-state index contributed by atoms with van der Waals surface area (Å²) in [5.41, 5.74) is 1.30. The summed E-state index contributed by atoms with van der Waals surface area (Å²) in [7, 11) is 0. The van der Waals surface area contributed by atoms with E-state index in [9.17, 15) is 14.3 Å². The SMILES string of the molecule is CC(=O)OCc1cc2ccc(F)cc2c(O)c1C. The molecule has 0 saturated carbocycles. The van der Waals surface area contributed by atoms with E-state index < -0.39 is 5.82 Å². The summed E-state index contributed by atoms with van der Waals surface area (Å²) in [5, 5.41) is 11.2. The molecule has 0 unspecified atom stereocenters. The van der Waals surface area contributed by atoms with Crippen LogP contribution in [-0.2, 0) is 16.1 Å². The molecule has 4 heteroatoms. The quantitative estimate of drug-likeness (QED) is 0.831. The van der Waals surface area contributed by atoms with Gasteiger partial charge in [0.25, 0.3) is 0 Å². The first-order chi connectivity index (χ1) is 8.49. The highest BCUT2D eigenvalue weighted by molar-refractivity contribution is 5.90. The monoisotopic (exact) mass is 248 g/mol. The lowest BCUT2D eigenvalue weighted by atomic mass is 10.0. The van der Waals surface area contributed by atoms with Gasteiger partial charge in [0.1, 0.15) is 18.2 Å². The smallest absolute Gasteiger partial charge is 0.302 e. The first-order valence-electron chi connectivity index (χ1n) is 5.53. The van der Waals surface area contributed by atoms with E-state index in [1.807, 2.05) is 0 Å². The predicted octanol–water partition coefficient (Wildman–Crippen LogP) is 3.06. The van der Waals surface area contributed by atoms with Crippen molar-refractivity contribution in [2.75, 3.05) is 0 Å². The van der Waals surface area contributed by atoms with Crippen molar-refractivity contribution in [3.8, 4) is 5.75 Å². The van der Waals surface area contributed by atoms with Crippen LogP contribution >= 0.6 is 0 Å². The Labute approximate surface area is 104 Å². The van der Waals surface area contributed by atoms with Crippen LogP contribution in [-0.4, -0.2) is 11.1 Å². The molecule has 0 aliphatic carbocycles. The number of ether oxygens (including phenoxy) is 1. The zero-order chi connectivity index (χ0) is 13.3. The van der Waals surface area contributed by atoms with Crippen LogP contribution in [0.5, 0.6) is 5.75 Å². The third-order valence-electron chi connectivity index (χ3n) is 2.87. The number of esters is 1. The first-order valence-corrected chi connectivity index (χ1v) is 5.53. The van der Waals surface area contributed by atoms with Gasteiger partial charge in [0.2, 0.25) is 0 Å². The Kier molecular flexibility index (Phi) is 3.19. The van der Waals surface area contributed by atoms with Gasteiger partial charge in [-0.05, 0) is 41.6 Å². The van der Waals surface area contributed by atoms with Crippen molar-refractivity contribution < 1.29 is 19.0 Å². The maximum absolute atomic E-state index is 13.1. The van der Waals surface area contributed by atoms with E-state index in [4.69, 9.17) is 4.74 Å². The fraction of sp³-hybridized carbons (Fsp3) is 0.214. The minimum Gasteiger partial charge on any atom is -0.507 e. The second-order valence-corrected chi connectivity index (χ2v) is 4.16. The molecule has 94 valence electrons. The van der Waals surface area contributed by atoms with E-state index in [0.29, 0.717) is 21.9 Å². The fourth-order valence-electron chi connectivity index (χ4n) is 1.84. The predicted molar refractivity (Wildman–Crippen MR) is 65.8 cm³/mol. The second-order valence-electron chi connectivity index (χ2n) is 4.16. The number of hydrogen-bond acceptors (Lipinski definition) is 3. The summed E-state index contributed by atoms with van der Waals surface area (Å²) in [6, 6.07) is 5.98. The van der Waals surface area contributed by atoms with Crippen LogP contribution in [0.2, 0.25) is 0 Å². The minimum absolute atomic E-state index is 0.0224. The van der Waals surface area contributed by atoms with Crippen molar-refractivity contribution in [2.45, 2.75) is 20.5 Å². The van der Waals surface area contributed by atoms with Crippen molar-refractivity contribution in [1.82, 2.24) is 0 Å². The molecule has 0 aliphatic rings. The summed E-state index contributed by atoms with van der Waals surface area (Å²) in [6.45, 7) is 3.13. The van der Waals surface area contributed by atoms with Crippen LogP contribution in [0.25, 0.3) is 10.8 Å². The van der Waals surface area contributed by atoms with Gasteiger partial charge in [-0.25, -0.2) is 4.39 Å². The third kappa shape index (κ3) is 2.27. The Morgan fingerprint density at radius 3 is 2.78 bits per heavy atom. The lowest BCUT2D eigenvalue weighted by Gasteiger charge is -2.11. The number of halogens is 1. The van der Waals surface area contributed by atoms with Gasteiger partial charge in [0, 0.05) is 12.3 Å². The summed E-state index contributed by atoms with van der Waals surface area (Å²) in [4.78, 5) is 10.8. The molecule has 0 amide bonds. The van der Waals surface area contributed by atoms with E-state index in [-0.39, 0.29) is 18.3 Å². The van der Waals surface area contributed by atoms with Crippen LogP contribution in [0.3, 0.4) is 0 Å². The molecule has 0 fully saturated rings. The van der Waals surface area contributed by atoms with Gasteiger partial charge in [0.05, 0.1) is 0 Å². The molecule has 0 radical (unpaired) electrons. The van der Waals surface area contributed by atoms with Crippen LogP contribution in [0, 0.1) is 12.7 Å². The Bertz CT molecular complexity index is 620. The zero-order valence-electron chi connectivity index (χ0n) is 10.2. The average Bonchev–Trinajstić information content (AvgIpc) is 2.32. The maximum atomic E-state index is 13.1. The molecule has 18 heavy (non-hydrogen) atoms. The maximum Gasteiger partial charge on any atom is 0.302 e.